The van der Waals surface area contributed by atoms with E-state index in [-0.39, 0.29) is 0 Å². The highest BCUT2D eigenvalue weighted by molar-refractivity contribution is 5.56. The van der Waals surface area contributed by atoms with Crippen molar-refractivity contribution in [2.75, 3.05) is 13.1 Å². The average molecular weight is 242 g/mol. The largest absolute Gasteiger partial charge is 0.299 e. The molecule has 0 amide bonds. The third-order valence-corrected chi connectivity index (χ3v) is 3.43. The molecule has 3 rings (SSSR count). The van der Waals surface area contributed by atoms with Crippen LogP contribution in [-0.2, 0) is 13.6 Å². The van der Waals surface area contributed by atoms with Gasteiger partial charge in [0.2, 0.25) is 0 Å². The molecule has 3 heterocycles. The molecule has 1 aliphatic heterocycles. The molecule has 0 spiro atoms. The number of rotatable bonds is 3. The van der Waals surface area contributed by atoms with Crippen molar-refractivity contribution in [2.45, 2.75) is 19.4 Å². The van der Waals surface area contributed by atoms with Gasteiger partial charge in [0.05, 0.1) is 11.9 Å². The van der Waals surface area contributed by atoms with Gasteiger partial charge in [-0.2, -0.15) is 5.10 Å². The molecule has 2 aromatic rings. The Kier molecular flexibility index (Phi) is 3.11. The highest BCUT2D eigenvalue weighted by Gasteiger charge is 2.11. The molecule has 0 aromatic carbocycles. The number of nitrogens with zero attached hydrogens (tertiary/aromatic N) is 4. The number of aryl methyl sites for hydroxylation is 1. The monoisotopic (exact) mass is 242 g/mol. The first-order valence-electron chi connectivity index (χ1n) is 6.47. The maximum absolute atomic E-state index is 4.52. The van der Waals surface area contributed by atoms with Gasteiger partial charge >= 0.3 is 0 Å². The first-order chi connectivity index (χ1) is 8.81. The Hall–Kier alpha value is -1.68. The van der Waals surface area contributed by atoms with E-state index in [9.17, 15) is 0 Å². The summed E-state index contributed by atoms with van der Waals surface area (Å²) in [5, 5.41) is 4.17. The Bertz CT molecular complexity index is 509. The Morgan fingerprint density at radius 2 is 2.00 bits per heavy atom. The summed E-state index contributed by atoms with van der Waals surface area (Å²) in [6.45, 7) is 3.48. The summed E-state index contributed by atoms with van der Waals surface area (Å²) in [6, 6.07) is 4.26. The van der Waals surface area contributed by atoms with E-state index in [1.807, 2.05) is 25.6 Å². The molecule has 0 atom stereocenters. The summed E-state index contributed by atoms with van der Waals surface area (Å²) < 4.78 is 1.80. The zero-order valence-corrected chi connectivity index (χ0v) is 10.7. The Labute approximate surface area is 107 Å². The van der Waals surface area contributed by atoms with Gasteiger partial charge < -0.3 is 0 Å². The number of aromatic nitrogens is 3. The molecule has 1 saturated heterocycles. The van der Waals surface area contributed by atoms with Crippen molar-refractivity contribution in [1.82, 2.24) is 19.7 Å². The topological polar surface area (TPSA) is 34.0 Å². The van der Waals surface area contributed by atoms with E-state index in [1.165, 1.54) is 31.5 Å². The predicted octanol–water partition coefficient (Wildman–Crippen LogP) is 2.08. The molecule has 1 fully saturated rings. The van der Waals surface area contributed by atoms with Gasteiger partial charge in [-0.3, -0.25) is 14.6 Å². The zero-order chi connectivity index (χ0) is 12.4. The molecule has 94 valence electrons. The molecular formula is C14H18N4. The van der Waals surface area contributed by atoms with Gasteiger partial charge in [-0.25, -0.2) is 0 Å². The molecular weight excluding hydrogens is 224 g/mol. The van der Waals surface area contributed by atoms with E-state index in [1.54, 1.807) is 4.68 Å². The Balaban J connectivity index is 1.72. The molecule has 2 aromatic heterocycles. The smallest absolute Gasteiger partial charge is 0.0733 e. The van der Waals surface area contributed by atoms with Crippen molar-refractivity contribution in [3.63, 3.8) is 0 Å². The van der Waals surface area contributed by atoms with Crippen LogP contribution in [0.15, 0.2) is 30.7 Å². The minimum Gasteiger partial charge on any atom is -0.299 e. The highest BCUT2D eigenvalue weighted by Crippen LogP contribution is 2.17. The number of pyridine rings is 1. The first kappa shape index (κ1) is 11.4. The van der Waals surface area contributed by atoms with Crippen LogP contribution in [0.25, 0.3) is 11.3 Å². The summed E-state index contributed by atoms with van der Waals surface area (Å²) in [4.78, 5) is 7.01. The molecule has 0 unspecified atom stereocenters. The normalized spacial score (nSPS) is 16.3. The van der Waals surface area contributed by atoms with E-state index in [0.29, 0.717) is 0 Å². The van der Waals surface area contributed by atoms with Gasteiger partial charge in [0.25, 0.3) is 0 Å². The van der Waals surface area contributed by atoms with Gasteiger partial charge in [-0.05, 0) is 37.6 Å². The fourth-order valence-corrected chi connectivity index (χ4v) is 2.44. The van der Waals surface area contributed by atoms with Crippen LogP contribution in [0.4, 0.5) is 0 Å². The fraction of sp³-hybridized carbons (Fsp3) is 0.429. The number of hydrogen-bond donors (Lipinski definition) is 0. The lowest BCUT2D eigenvalue weighted by atomic mass is 10.2. The molecule has 1 aliphatic rings. The second kappa shape index (κ2) is 4.90. The second-order valence-corrected chi connectivity index (χ2v) is 4.94. The van der Waals surface area contributed by atoms with E-state index >= 15 is 0 Å². The lowest BCUT2D eigenvalue weighted by Gasteiger charge is -2.14. The lowest BCUT2D eigenvalue weighted by molar-refractivity contribution is 0.331. The first-order valence-corrected chi connectivity index (χ1v) is 6.47. The minimum absolute atomic E-state index is 0.994. The molecule has 0 bridgehead atoms. The van der Waals surface area contributed by atoms with Crippen molar-refractivity contribution in [2.24, 2.45) is 7.05 Å². The van der Waals surface area contributed by atoms with Crippen molar-refractivity contribution in [3.8, 4) is 11.3 Å². The van der Waals surface area contributed by atoms with Crippen LogP contribution in [0.3, 0.4) is 0 Å². The standard InChI is InChI=1S/C14H18N4/c1-17-11-13(9-16-17)14-5-4-12(8-15-14)10-18-6-2-3-7-18/h4-5,8-9,11H,2-3,6-7,10H2,1H3. The Morgan fingerprint density at radius 1 is 1.17 bits per heavy atom. The summed E-state index contributed by atoms with van der Waals surface area (Å²) in [5.74, 6) is 0. The van der Waals surface area contributed by atoms with Crippen LogP contribution in [0.1, 0.15) is 18.4 Å². The summed E-state index contributed by atoms with van der Waals surface area (Å²) in [6.07, 6.45) is 8.49. The minimum atomic E-state index is 0.994. The maximum atomic E-state index is 4.52. The van der Waals surface area contributed by atoms with Crippen LogP contribution in [0, 0.1) is 0 Å². The zero-order valence-electron chi connectivity index (χ0n) is 10.7. The SMILES string of the molecule is Cn1cc(-c2ccc(CN3CCCC3)cn2)cn1. The van der Waals surface area contributed by atoms with Crippen LogP contribution < -0.4 is 0 Å². The van der Waals surface area contributed by atoms with Gasteiger partial charge in [0.15, 0.2) is 0 Å². The summed E-state index contributed by atoms with van der Waals surface area (Å²) in [5.41, 5.74) is 3.36. The molecule has 18 heavy (non-hydrogen) atoms. The van der Waals surface area contributed by atoms with E-state index in [4.69, 9.17) is 0 Å². The molecule has 0 radical (unpaired) electrons. The third-order valence-electron chi connectivity index (χ3n) is 3.43. The molecule has 0 N–H and O–H groups in total. The molecule has 0 aliphatic carbocycles. The van der Waals surface area contributed by atoms with Crippen molar-refractivity contribution >= 4 is 0 Å². The van der Waals surface area contributed by atoms with Gasteiger partial charge in [0, 0.05) is 31.5 Å². The van der Waals surface area contributed by atoms with Crippen molar-refractivity contribution in [1.29, 1.82) is 0 Å². The molecule has 4 nitrogen and oxygen atoms in total. The van der Waals surface area contributed by atoms with Gasteiger partial charge in [0.1, 0.15) is 0 Å². The van der Waals surface area contributed by atoms with E-state index in [0.717, 1.165) is 17.8 Å². The summed E-state index contributed by atoms with van der Waals surface area (Å²) >= 11 is 0. The second-order valence-electron chi connectivity index (χ2n) is 4.94. The Morgan fingerprint density at radius 3 is 2.61 bits per heavy atom. The maximum Gasteiger partial charge on any atom is 0.0733 e. The van der Waals surface area contributed by atoms with Gasteiger partial charge in [-0.15, -0.1) is 0 Å². The average Bonchev–Trinajstić information content (AvgIpc) is 3.02. The van der Waals surface area contributed by atoms with Crippen LogP contribution in [0.5, 0.6) is 0 Å². The number of likely N-dealkylation sites (tertiary alicyclic amines) is 1. The number of hydrogen-bond acceptors (Lipinski definition) is 3. The summed E-state index contributed by atoms with van der Waals surface area (Å²) in [7, 11) is 1.92. The van der Waals surface area contributed by atoms with Crippen LogP contribution in [0.2, 0.25) is 0 Å². The quantitative estimate of drug-likeness (QED) is 0.826. The van der Waals surface area contributed by atoms with Crippen LogP contribution in [-0.4, -0.2) is 32.8 Å². The van der Waals surface area contributed by atoms with Crippen LogP contribution >= 0.6 is 0 Å². The van der Waals surface area contributed by atoms with E-state index < -0.39 is 0 Å². The van der Waals surface area contributed by atoms with Crippen molar-refractivity contribution < 1.29 is 0 Å². The predicted molar refractivity (Wildman–Crippen MR) is 71.0 cm³/mol. The van der Waals surface area contributed by atoms with E-state index in [2.05, 4.69) is 27.1 Å². The lowest BCUT2D eigenvalue weighted by Crippen LogP contribution is -2.18. The fourth-order valence-electron chi connectivity index (χ4n) is 2.44. The molecule has 0 saturated carbocycles. The highest BCUT2D eigenvalue weighted by atomic mass is 15.2. The van der Waals surface area contributed by atoms with Crippen molar-refractivity contribution in [3.05, 3.63) is 36.3 Å². The molecule has 4 heteroatoms. The third kappa shape index (κ3) is 2.43. The van der Waals surface area contributed by atoms with Gasteiger partial charge in [-0.1, -0.05) is 6.07 Å².